The molecule has 16 heavy (non-hydrogen) atoms. The molecule has 0 bridgehead atoms. The number of nitriles is 1. The van der Waals surface area contributed by atoms with Gasteiger partial charge in [-0.05, 0) is 6.85 Å². The summed E-state index contributed by atoms with van der Waals surface area (Å²) >= 11 is 0. The number of nitrogens with zero attached hydrogens (tertiary/aromatic N) is 1. The molecule has 0 aromatic heterocycles. The number of hydrogen-bond donors (Lipinski definition) is 2. The number of phosphoric ester groups is 1. The lowest BCUT2D eigenvalue weighted by molar-refractivity contribution is 0.0304. The summed E-state index contributed by atoms with van der Waals surface area (Å²) in [6.07, 6.45) is -1.67. The zero-order valence-corrected chi connectivity index (χ0v) is 9.22. The zero-order valence-electron chi connectivity index (χ0n) is 13.3. The Bertz CT molecular complexity index is 411. The Morgan fingerprint density at radius 3 is 2.94 bits per heavy atom. The third kappa shape index (κ3) is 6.90. The van der Waals surface area contributed by atoms with Gasteiger partial charge in [-0.15, -0.1) is 0 Å². The van der Waals surface area contributed by atoms with Gasteiger partial charge < -0.3 is 10.2 Å². The SMILES string of the molecule is [2H]C([2H])([2H])C([2H])([2H])OP(=O)(OCCC#N)OC[C@H](O)CO. The van der Waals surface area contributed by atoms with E-state index >= 15 is 0 Å². The Labute approximate surface area is 101 Å². The second kappa shape index (κ2) is 8.65. The van der Waals surface area contributed by atoms with Gasteiger partial charge in [-0.1, -0.05) is 0 Å². The number of phosphoric acid groups is 1. The van der Waals surface area contributed by atoms with Crippen LogP contribution >= 0.6 is 7.82 Å². The molecule has 0 fully saturated rings. The van der Waals surface area contributed by atoms with Crippen LogP contribution in [0, 0.1) is 11.3 Å². The number of rotatable bonds is 9. The summed E-state index contributed by atoms with van der Waals surface area (Å²) in [7, 11) is -4.69. The number of hydrogen-bond acceptors (Lipinski definition) is 7. The van der Waals surface area contributed by atoms with Crippen molar-refractivity contribution in [2.45, 2.75) is 19.4 Å². The molecule has 0 saturated heterocycles. The summed E-state index contributed by atoms with van der Waals surface area (Å²) in [4.78, 5) is 0. The van der Waals surface area contributed by atoms with E-state index < -0.39 is 47.2 Å². The molecule has 0 aliphatic carbocycles. The van der Waals surface area contributed by atoms with Gasteiger partial charge in [0, 0.05) is 4.11 Å². The number of aliphatic hydroxyl groups excluding tert-OH is 2. The van der Waals surface area contributed by atoms with E-state index in [0.717, 1.165) is 0 Å². The molecule has 0 rings (SSSR count). The van der Waals surface area contributed by atoms with Crippen LogP contribution in [-0.4, -0.2) is 42.7 Å². The first-order valence-electron chi connectivity index (χ1n) is 6.73. The highest BCUT2D eigenvalue weighted by Crippen LogP contribution is 2.49. The van der Waals surface area contributed by atoms with Crippen LogP contribution in [0.1, 0.15) is 20.1 Å². The fourth-order valence-corrected chi connectivity index (χ4v) is 1.54. The van der Waals surface area contributed by atoms with Crippen molar-refractivity contribution in [1.82, 2.24) is 0 Å². The Morgan fingerprint density at radius 2 is 2.38 bits per heavy atom. The van der Waals surface area contributed by atoms with Crippen LogP contribution in [0.15, 0.2) is 0 Å². The molecule has 0 aliphatic heterocycles. The van der Waals surface area contributed by atoms with Gasteiger partial charge in [0.15, 0.2) is 0 Å². The van der Waals surface area contributed by atoms with Crippen molar-refractivity contribution < 1.29 is 35.2 Å². The summed E-state index contributed by atoms with van der Waals surface area (Å²) in [6, 6.07) is 1.66. The highest BCUT2D eigenvalue weighted by molar-refractivity contribution is 7.48. The highest BCUT2D eigenvalue weighted by Gasteiger charge is 2.26. The van der Waals surface area contributed by atoms with E-state index in [2.05, 4.69) is 13.6 Å². The van der Waals surface area contributed by atoms with Crippen molar-refractivity contribution in [2.24, 2.45) is 0 Å². The molecule has 0 saturated carbocycles. The molecule has 7 nitrogen and oxygen atoms in total. The molecule has 2 N–H and O–H groups in total. The topological polar surface area (TPSA) is 109 Å². The van der Waals surface area contributed by atoms with Crippen LogP contribution in [0.4, 0.5) is 0 Å². The van der Waals surface area contributed by atoms with Crippen LogP contribution < -0.4 is 0 Å². The van der Waals surface area contributed by atoms with Gasteiger partial charge in [-0.2, -0.15) is 5.26 Å². The second-order valence-corrected chi connectivity index (χ2v) is 4.11. The summed E-state index contributed by atoms with van der Waals surface area (Å²) in [6.45, 7) is -8.53. The molecule has 1 unspecified atom stereocenters. The molecule has 0 aliphatic rings. The van der Waals surface area contributed by atoms with Crippen LogP contribution in [0.5, 0.6) is 0 Å². The molecule has 0 radical (unpaired) electrons. The highest BCUT2D eigenvalue weighted by atomic mass is 31.2. The lowest BCUT2D eigenvalue weighted by atomic mass is 10.4. The normalized spacial score (nSPS) is 22.7. The first kappa shape index (κ1) is 8.59. The second-order valence-electron chi connectivity index (χ2n) is 2.51. The molecule has 0 spiro atoms. The van der Waals surface area contributed by atoms with Crippen LogP contribution in [0.3, 0.4) is 0 Å². The Balaban J connectivity index is 4.96. The molecule has 0 amide bonds. The van der Waals surface area contributed by atoms with E-state index in [1.165, 1.54) is 0 Å². The minimum atomic E-state index is -4.69. The fraction of sp³-hybridized carbons (Fsp3) is 0.875. The lowest BCUT2D eigenvalue weighted by Crippen LogP contribution is -2.19. The average Bonchev–Trinajstić information content (AvgIpc) is 2.34. The first-order valence-corrected chi connectivity index (χ1v) is 5.69. The Kier molecular flexibility index (Phi) is 4.64. The summed E-state index contributed by atoms with van der Waals surface area (Å²) in [5, 5.41) is 26.0. The van der Waals surface area contributed by atoms with Crippen LogP contribution in [0.2, 0.25) is 0 Å². The van der Waals surface area contributed by atoms with Gasteiger partial charge in [0.05, 0.1) is 41.6 Å². The maximum atomic E-state index is 12.1. The smallest absolute Gasteiger partial charge is 0.394 e. The minimum absolute atomic E-state index is 0.226. The molecule has 0 heterocycles. The molecule has 2 atom stereocenters. The minimum Gasteiger partial charge on any atom is -0.394 e. The number of aliphatic hydroxyl groups is 2. The van der Waals surface area contributed by atoms with Crippen molar-refractivity contribution in [3.8, 4) is 6.07 Å². The van der Waals surface area contributed by atoms with Gasteiger partial charge in [0.1, 0.15) is 6.10 Å². The maximum absolute atomic E-state index is 12.1. The summed E-state index contributed by atoms with van der Waals surface area (Å²) < 4.78 is 60.8. The van der Waals surface area contributed by atoms with Crippen molar-refractivity contribution in [1.29, 1.82) is 5.26 Å². The van der Waals surface area contributed by atoms with Crippen LogP contribution in [0.25, 0.3) is 0 Å². The first-order chi connectivity index (χ1) is 9.47. The fourth-order valence-electron chi connectivity index (χ4n) is 0.579. The molecule has 94 valence electrons. The Morgan fingerprint density at radius 1 is 1.62 bits per heavy atom. The largest absolute Gasteiger partial charge is 0.474 e. The van der Waals surface area contributed by atoms with Crippen molar-refractivity contribution in [3.05, 3.63) is 0 Å². The predicted molar refractivity (Wildman–Crippen MR) is 54.5 cm³/mol. The third-order valence-corrected chi connectivity index (χ3v) is 2.54. The zero-order chi connectivity index (χ0) is 16.7. The van der Waals surface area contributed by atoms with E-state index in [1.807, 2.05) is 0 Å². The maximum Gasteiger partial charge on any atom is 0.474 e. The summed E-state index contributed by atoms with van der Waals surface area (Å²) in [5.74, 6) is 0. The lowest BCUT2D eigenvalue weighted by Gasteiger charge is -2.17. The molecule has 0 aromatic carbocycles. The predicted octanol–water partition coefficient (Wildman–Crippen LogP) is 0.431. The van der Waals surface area contributed by atoms with Gasteiger partial charge in [0.2, 0.25) is 0 Å². The van der Waals surface area contributed by atoms with Gasteiger partial charge in [-0.3, -0.25) is 13.6 Å². The standard InChI is InChI=1S/C8H16NO6P/c1-2-13-16(12,14-5-3-4-9)15-7-8(11)6-10/h8,10-11H,2-3,5-7H2,1H3/t8-,16?/m1/s1/i1D3,2D2. The van der Waals surface area contributed by atoms with Crippen LogP contribution in [-0.2, 0) is 18.1 Å². The van der Waals surface area contributed by atoms with Crippen molar-refractivity contribution in [2.75, 3.05) is 26.4 Å². The molecular formula is C8H16NO6P. The van der Waals surface area contributed by atoms with E-state index in [4.69, 9.17) is 22.3 Å². The monoisotopic (exact) mass is 258 g/mol. The molecule has 0 aromatic rings. The Hall–Kier alpha value is -0.480. The van der Waals surface area contributed by atoms with Crippen molar-refractivity contribution in [3.63, 3.8) is 0 Å². The third-order valence-electron chi connectivity index (χ3n) is 1.26. The molecular weight excluding hydrogens is 237 g/mol. The van der Waals surface area contributed by atoms with E-state index in [-0.39, 0.29) is 6.42 Å². The quantitative estimate of drug-likeness (QED) is 0.456. The van der Waals surface area contributed by atoms with Gasteiger partial charge in [0.25, 0.3) is 0 Å². The summed E-state index contributed by atoms with van der Waals surface area (Å²) in [5.41, 5.74) is 0. The average molecular weight is 258 g/mol. The van der Waals surface area contributed by atoms with Gasteiger partial charge in [-0.25, -0.2) is 4.57 Å². The van der Waals surface area contributed by atoms with Crippen molar-refractivity contribution >= 4 is 7.82 Å². The van der Waals surface area contributed by atoms with E-state index in [9.17, 15) is 4.57 Å². The van der Waals surface area contributed by atoms with E-state index in [1.54, 1.807) is 6.07 Å². The van der Waals surface area contributed by atoms with E-state index in [0.29, 0.717) is 0 Å². The molecule has 8 heteroatoms. The van der Waals surface area contributed by atoms with Gasteiger partial charge >= 0.3 is 7.82 Å².